The minimum atomic E-state index is 0.755. The van der Waals surface area contributed by atoms with Crippen LogP contribution in [0.5, 0.6) is 0 Å². The molecule has 0 bridgehead atoms. The molecule has 1 N–H and O–H groups in total. The molecular weight excluding hydrogens is 256 g/mol. The summed E-state index contributed by atoms with van der Waals surface area (Å²) < 4.78 is 0. The zero-order chi connectivity index (χ0) is 15.1. The molecule has 2 rings (SSSR count). The van der Waals surface area contributed by atoms with Gasteiger partial charge in [0.2, 0.25) is 0 Å². The van der Waals surface area contributed by atoms with Crippen LogP contribution in [0.4, 0.5) is 0 Å². The van der Waals surface area contributed by atoms with Crippen molar-refractivity contribution in [3.05, 3.63) is 0 Å². The Balaban J connectivity index is 2.04. The quantitative estimate of drug-likeness (QED) is 0.739. The molecule has 2 nitrogen and oxygen atoms in total. The number of rotatable bonds is 7. The maximum atomic E-state index is 3.88. The minimum Gasteiger partial charge on any atom is -0.312 e. The zero-order valence-corrected chi connectivity index (χ0v) is 14.7. The summed E-state index contributed by atoms with van der Waals surface area (Å²) in [5, 5.41) is 3.88. The van der Waals surface area contributed by atoms with Crippen molar-refractivity contribution >= 4 is 0 Å². The van der Waals surface area contributed by atoms with Gasteiger partial charge < -0.3 is 5.32 Å². The van der Waals surface area contributed by atoms with E-state index in [9.17, 15) is 0 Å². The first-order valence-corrected chi connectivity index (χ1v) is 9.79. The van der Waals surface area contributed by atoms with Gasteiger partial charge in [0.15, 0.2) is 0 Å². The van der Waals surface area contributed by atoms with E-state index in [4.69, 9.17) is 0 Å². The first kappa shape index (κ1) is 17.3. The third kappa shape index (κ3) is 4.69. The Morgan fingerprint density at radius 1 is 1.00 bits per heavy atom. The van der Waals surface area contributed by atoms with Crippen LogP contribution in [0.3, 0.4) is 0 Å². The van der Waals surface area contributed by atoms with E-state index in [1.807, 2.05) is 0 Å². The monoisotopic (exact) mass is 294 g/mol. The van der Waals surface area contributed by atoms with Crippen LogP contribution >= 0.6 is 0 Å². The first-order valence-electron chi connectivity index (χ1n) is 9.79. The fourth-order valence-electron chi connectivity index (χ4n) is 4.64. The van der Waals surface area contributed by atoms with Gasteiger partial charge in [-0.2, -0.15) is 0 Å². The van der Waals surface area contributed by atoms with Gasteiger partial charge in [-0.25, -0.2) is 0 Å². The molecule has 2 heteroatoms. The van der Waals surface area contributed by atoms with E-state index < -0.39 is 0 Å². The maximum Gasteiger partial charge on any atom is 0.0254 e. The lowest BCUT2D eigenvalue weighted by Gasteiger charge is -2.48. The van der Waals surface area contributed by atoms with Crippen molar-refractivity contribution in [2.75, 3.05) is 13.1 Å². The van der Waals surface area contributed by atoms with Crippen LogP contribution in [-0.2, 0) is 0 Å². The van der Waals surface area contributed by atoms with Crippen molar-refractivity contribution < 1.29 is 0 Å². The molecule has 0 aromatic rings. The average molecular weight is 295 g/mol. The van der Waals surface area contributed by atoms with E-state index in [0.717, 1.165) is 24.0 Å². The van der Waals surface area contributed by atoms with Crippen LogP contribution in [0.15, 0.2) is 0 Å². The summed E-state index contributed by atoms with van der Waals surface area (Å²) in [4.78, 5) is 2.93. The molecule has 1 aliphatic heterocycles. The lowest BCUT2D eigenvalue weighted by molar-refractivity contribution is 0.0327. The highest BCUT2D eigenvalue weighted by Gasteiger charge is 2.37. The molecule has 21 heavy (non-hydrogen) atoms. The molecule has 0 amide bonds. The summed E-state index contributed by atoms with van der Waals surface area (Å²) in [6, 6.07) is 2.44. The number of nitrogens with zero attached hydrogens (tertiary/aromatic N) is 1. The van der Waals surface area contributed by atoms with Gasteiger partial charge >= 0.3 is 0 Å². The van der Waals surface area contributed by atoms with E-state index in [0.29, 0.717) is 0 Å². The summed E-state index contributed by atoms with van der Waals surface area (Å²) >= 11 is 0. The molecule has 124 valence electrons. The van der Waals surface area contributed by atoms with Gasteiger partial charge in [0.25, 0.3) is 0 Å². The van der Waals surface area contributed by atoms with Crippen molar-refractivity contribution in [2.45, 2.75) is 103 Å². The molecule has 2 aliphatic rings. The van der Waals surface area contributed by atoms with Crippen molar-refractivity contribution in [3.8, 4) is 0 Å². The topological polar surface area (TPSA) is 15.3 Å². The zero-order valence-electron chi connectivity index (χ0n) is 14.7. The molecule has 0 spiro atoms. The molecule has 2 fully saturated rings. The predicted octanol–water partition coefficient (Wildman–Crippen LogP) is 4.59. The van der Waals surface area contributed by atoms with Crippen molar-refractivity contribution in [1.82, 2.24) is 10.2 Å². The molecular formula is C19H38N2. The largest absolute Gasteiger partial charge is 0.312 e. The van der Waals surface area contributed by atoms with Gasteiger partial charge in [0, 0.05) is 18.1 Å². The Hall–Kier alpha value is -0.0800. The second-order valence-corrected chi connectivity index (χ2v) is 7.39. The van der Waals surface area contributed by atoms with Gasteiger partial charge in [-0.15, -0.1) is 0 Å². The third-order valence-electron chi connectivity index (χ3n) is 5.88. The lowest BCUT2D eigenvalue weighted by atomic mass is 9.78. The lowest BCUT2D eigenvalue weighted by Crippen LogP contribution is -2.57. The number of nitrogens with one attached hydrogen (secondary N) is 1. The number of piperidine rings is 1. The van der Waals surface area contributed by atoms with Gasteiger partial charge in [0.05, 0.1) is 0 Å². The Morgan fingerprint density at radius 3 is 2.57 bits per heavy atom. The smallest absolute Gasteiger partial charge is 0.0254 e. The first-order chi connectivity index (χ1) is 10.3. The maximum absolute atomic E-state index is 3.88. The third-order valence-corrected chi connectivity index (χ3v) is 5.88. The van der Waals surface area contributed by atoms with Crippen molar-refractivity contribution in [1.29, 1.82) is 0 Å². The highest BCUT2D eigenvalue weighted by molar-refractivity contribution is 4.94. The second kappa shape index (κ2) is 9.15. The Labute approximate surface area is 133 Å². The molecule has 1 saturated carbocycles. The van der Waals surface area contributed by atoms with Crippen LogP contribution in [0, 0.1) is 5.92 Å². The predicted molar refractivity (Wildman–Crippen MR) is 92.8 cm³/mol. The van der Waals surface area contributed by atoms with Crippen LogP contribution in [0.25, 0.3) is 0 Å². The van der Waals surface area contributed by atoms with Crippen LogP contribution in [0.2, 0.25) is 0 Å². The molecule has 1 heterocycles. The number of likely N-dealkylation sites (tertiary alicyclic amines) is 1. The van der Waals surface area contributed by atoms with Crippen LogP contribution in [0.1, 0.15) is 85.0 Å². The normalized spacial score (nSPS) is 35.0. The highest BCUT2D eigenvalue weighted by Crippen LogP contribution is 2.34. The minimum absolute atomic E-state index is 0.755. The Morgan fingerprint density at radius 2 is 1.86 bits per heavy atom. The molecule has 1 aliphatic carbocycles. The van der Waals surface area contributed by atoms with Gasteiger partial charge in [-0.05, 0) is 64.0 Å². The van der Waals surface area contributed by atoms with Gasteiger partial charge in [0.1, 0.15) is 0 Å². The molecule has 0 aromatic carbocycles. The van der Waals surface area contributed by atoms with Crippen LogP contribution in [-0.4, -0.2) is 36.1 Å². The molecule has 0 aromatic heterocycles. The Bertz CT molecular complexity index is 277. The van der Waals surface area contributed by atoms with Crippen molar-refractivity contribution in [3.63, 3.8) is 0 Å². The molecule has 4 unspecified atom stereocenters. The summed E-state index contributed by atoms with van der Waals surface area (Å²) in [5.41, 5.74) is 0. The standard InChI is InChI=1S/C19H38N2/c1-4-9-17-10-7-8-14-21(17)19-15-16(6-3)11-12-18(19)20-13-5-2/h16-20H,4-15H2,1-3H3. The van der Waals surface area contributed by atoms with Crippen molar-refractivity contribution in [2.24, 2.45) is 5.92 Å². The summed E-state index contributed by atoms with van der Waals surface area (Å²) in [6.45, 7) is 9.59. The van der Waals surface area contributed by atoms with E-state index in [1.165, 1.54) is 77.3 Å². The summed E-state index contributed by atoms with van der Waals surface area (Å²) in [7, 11) is 0. The van der Waals surface area contributed by atoms with E-state index in [1.54, 1.807) is 0 Å². The van der Waals surface area contributed by atoms with E-state index >= 15 is 0 Å². The van der Waals surface area contributed by atoms with E-state index in [2.05, 4.69) is 31.0 Å². The molecule has 0 radical (unpaired) electrons. The van der Waals surface area contributed by atoms with Gasteiger partial charge in [-0.1, -0.05) is 40.0 Å². The highest BCUT2D eigenvalue weighted by atomic mass is 15.2. The second-order valence-electron chi connectivity index (χ2n) is 7.39. The fourth-order valence-corrected chi connectivity index (χ4v) is 4.64. The Kier molecular flexibility index (Phi) is 7.53. The summed E-state index contributed by atoms with van der Waals surface area (Å²) in [5.74, 6) is 0.971. The SMILES string of the molecule is CCCNC1CCC(CC)CC1N1CCCCC1CCC. The fraction of sp³-hybridized carbons (Fsp3) is 1.00. The molecule has 1 saturated heterocycles. The van der Waals surface area contributed by atoms with Crippen LogP contribution < -0.4 is 5.32 Å². The average Bonchev–Trinajstić information content (AvgIpc) is 2.53. The number of hydrogen-bond acceptors (Lipinski definition) is 2. The number of hydrogen-bond donors (Lipinski definition) is 1. The summed E-state index contributed by atoms with van der Waals surface area (Å²) in [6.07, 6.45) is 14.0. The van der Waals surface area contributed by atoms with Gasteiger partial charge in [-0.3, -0.25) is 4.90 Å². The van der Waals surface area contributed by atoms with E-state index in [-0.39, 0.29) is 0 Å². The molecule has 4 atom stereocenters.